The Morgan fingerprint density at radius 1 is 1.10 bits per heavy atom. The van der Waals surface area contributed by atoms with Gasteiger partial charge in [-0.2, -0.15) is 0 Å². The van der Waals surface area contributed by atoms with Crippen molar-refractivity contribution in [2.24, 2.45) is 0 Å². The van der Waals surface area contributed by atoms with Crippen molar-refractivity contribution in [3.05, 3.63) is 18.0 Å². The molecule has 5 heteroatoms. The molecule has 0 atom stereocenters. The van der Waals surface area contributed by atoms with Gasteiger partial charge in [-0.05, 0) is 38.7 Å². The molecule has 0 amide bonds. The topological polar surface area (TPSA) is 52.5 Å². The lowest BCUT2D eigenvalue weighted by Crippen LogP contribution is -2.51. The molecule has 0 aromatic carbocycles. The van der Waals surface area contributed by atoms with Crippen LogP contribution < -0.4 is 4.90 Å². The summed E-state index contributed by atoms with van der Waals surface area (Å²) in [6, 6.07) is 2.60. The Kier molecular flexibility index (Phi) is 4.17. The van der Waals surface area contributed by atoms with Gasteiger partial charge in [0.1, 0.15) is 0 Å². The first-order valence-corrected chi connectivity index (χ1v) is 7.69. The first-order chi connectivity index (χ1) is 9.72. The summed E-state index contributed by atoms with van der Waals surface area (Å²) in [7, 11) is 0. The number of aryl methyl sites for hydroxylation is 1. The third-order valence-electron chi connectivity index (χ3n) is 4.56. The average Bonchev–Trinajstić information content (AvgIpc) is 2.48. The van der Waals surface area contributed by atoms with E-state index in [2.05, 4.69) is 19.8 Å². The van der Waals surface area contributed by atoms with Gasteiger partial charge >= 0.3 is 0 Å². The predicted octanol–water partition coefficient (Wildman–Crippen LogP) is 1.21. The summed E-state index contributed by atoms with van der Waals surface area (Å²) in [5.41, 5.74) is 1.03. The van der Waals surface area contributed by atoms with E-state index >= 15 is 0 Å². The van der Waals surface area contributed by atoms with E-state index in [-0.39, 0.29) is 6.10 Å². The number of piperazine rings is 1. The molecule has 1 aromatic rings. The van der Waals surface area contributed by atoms with Crippen molar-refractivity contribution >= 4 is 5.95 Å². The molecular formula is C15H24N4O. The third-order valence-corrected chi connectivity index (χ3v) is 4.56. The molecule has 1 N–H and O–H groups in total. The standard InChI is InChI=1S/C15H24N4O/c1-12-6-7-16-15(17-12)19-10-8-18(9-11-19)13-2-4-14(20)5-3-13/h6-7,13-14,20H,2-5,8-11H2,1H3/t13-,14-. The van der Waals surface area contributed by atoms with Crippen LogP contribution in [-0.2, 0) is 0 Å². The van der Waals surface area contributed by atoms with Gasteiger partial charge in [-0.15, -0.1) is 0 Å². The second kappa shape index (κ2) is 6.06. The molecule has 0 radical (unpaired) electrons. The van der Waals surface area contributed by atoms with Gasteiger partial charge in [-0.3, -0.25) is 4.90 Å². The monoisotopic (exact) mass is 276 g/mol. The molecule has 2 fully saturated rings. The summed E-state index contributed by atoms with van der Waals surface area (Å²) >= 11 is 0. The highest BCUT2D eigenvalue weighted by Crippen LogP contribution is 2.24. The Morgan fingerprint density at radius 3 is 2.45 bits per heavy atom. The van der Waals surface area contributed by atoms with Gasteiger partial charge in [0, 0.05) is 44.1 Å². The highest BCUT2D eigenvalue weighted by Gasteiger charge is 2.28. The summed E-state index contributed by atoms with van der Waals surface area (Å²) in [5, 5.41) is 9.60. The molecule has 1 aliphatic heterocycles. The van der Waals surface area contributed by atoms with Crippen LogP contribution in [0.4, 0.5) is 5.95 Å². The summed E-state index contributed by atoms with van der Waals surface area (Å²) < 4.78 is 0. The zero-order chi connectivity index (χ0) is 13.9. The van der Waals surface area contributed by atoms with Gasteiger partial charge in [0.25, 0.3) is 0 Å². The lowest BCUT2D eigenvalue weighted by atomic mass is 9.91. The molecule has 1 saturated heterocycles. The molecule has 0 bridgehead atoms. The third kappa shape index (κ3) is 3.10. The minimum atomic E-state index is -0.0618. The molecule has 2 heterocycles. The fourth-order valence-electron chi connectivity index (χ4n) is 3.30. The van der Waals surface area contributed by atoms with E-state index in [9.17, 15) is 5.11 Å². The molecular weight excluding hydrogens is 252 g/mol. The maximum absolute atomic E-state index is 9.60. The molecule has 110 valence electrons. The molecule has 5 nitrogen and oxygen atoms in total. The molecule has 0 spiro atoms. The minimum Gasteiger partial charge on any atom is -0.393 e. The fraction of sp³-hybridized carbons (Fsp3) is 0.733. The smallest absolute Gasteiger partial charge is 0.225 e. The van der Waals surface area contributed by atoms with Crippen LogP contribution in [-0.4, -0.2) is 58.3 Å². The van der Waals surface area contributed by atoms with Crippen LogP contribution in [0, 0.1) is 6.92 Å². The number of aromatic nitrogens is 2. The molecule has 1 aliphatic carbocycles. The van der Waals surface area contributed by atoms with Crippen molar-refractivity contribution < 1.29 is 5.11 Å². The maximum atomic E-state index is 9.60. The Balaban J connectivity index is 1.54. The first-order valence-electron chi connectivity index (χ1n) is 7.69. The number of aliphatic hydroxyl groups is 1. The van der Waals surface area contributed by atoms with Crippen LogP contribution in [0.2, 0.25) is 0 Å². The Morgan fingerprint density at radius 2 is 1.80 bits per heavy atom. The van der Waals surface area contributed by atoms with E-state index in [1.807, 2.05) is 19.2 Å². The van der Waals surface area contributed by atoms with Crippen LogP contribution in [0.5, 0.6) is 0 Å². The van der Waals surface area contributed by atoms with Crippen molar-refractivity contribution in [2.75, 3.05) is 31.1 Å². The van der Waals surface area contributed by atoms with Gasteiger partial charge in [-0.25, -0.2) is 9.97 Å². The minimum absolute atomic E-state index is 0.0618. The number of hydrogen-bond donors (Lipinski definition) is 1. The zero-order valence-electron chi connectivity index (χ0n) is 12.2. The quantitative estimate of drug-likeness (QED) is 0.880. The summed E-state index contributed by atoms with van der Waals surface area (Å²) in [6.07, 6.45) is 5.99. The van der Waals surface area contributed by atoms with Crippen LogP contribution in [0.15, 0.2) is 12.3 Å². The number of aliphatic hydroxyl groups excluding tert-OH is 1. The lowest BCUT2D eigenvalue weighted by Gasteiger charge is -2.41. The highest BCUT2D eigenvalue weighted by atomic mass is 16.3. The average molecular weight is 276 g/mol. The Hall–Kier alpha value is -1.20. The molecule has 1 aromatic heterocycles. The van der Waals surface area contributed by atoms with Gasteiger partial charge in [-0.1, -0.05) is 0 Å². The lowest BCUT2D eigenvalue weighted by molar-refractivity contribution is 0.0710. The molecule has 3 rings (SSSR count). The summed E-state index contributed by atoms with van der Waals surface area (Å²) in [4.78, 5) is 13.7. The van der Waals surface area contributed by atoms with Gasteiger partial charge in [0.2, 0.25) is 5.95 Å². The Bertz CT molecular complexity index is 437. The summed E-state index contributed by atoms with van der Waals surface area (Å²) in [6.45, 7) is 6.18. The largest absolute Gasteiger partial charge is 0.393 e. The number of rotatable bonds is 2. The Labute approximate surface area is 120 Å². The van der Waals surface area contributed by atoms with Crippen molar-refractivity contribution in [1.29, 1.82) is 0 Å². The van der Waals surface area contributed by atoms with Crippen molar-refractivity contribution in [2.45, 2.75) is 44.8 Å². The van der Waals surface area contributed by atoms with Crippen LogP contribution in [0.1, 0.15) is 31.4 Å². The van der Waals surface area contributed by atoms with Crippen LogP contribution in [0.3, 0.4) is 0 Å². The molecule has 20 heavy (non-hydrogen) atoms. The van der Waals surface area contributed by atoms with E-state index < -0.39 is 0 Å². The molecule has 0 unspecified atom stereocenters. The second-order valence-electron chi connectivity index (χ2n) is 5.98. The number of hydrogen-bond acceptors (Lipinski definition) is 5. The summed E-state index contributed by atoms with van der Waals surface area (Å²) in [5.74, 6) is 0.865. The second-order valence-corrected chi connectivity index (χ2v) is 5.98. The van der Waals surface area contributed by atoms with Gasteiger partial charge in [0.15, 0.2) is 0 Å². The zero-order valence-corrected chi connectivity index (χ0v) is 12.2. The maximum Gasteiger partial charge on any atom is 0.225 e. The molecule has 2 aliphatic rings. The normalized spacial score (nSPS) is 28.6. The van der Waals surface area contributed by atoms with E-state index in [0.717, 1.165) is 63.5 Å². The van der Waals surface area contributed by atoms with Gasteiger partial charge in [0.05, 0.1) is 6.10 Å². The SMILES string of the molecule is Cc1ccnc(N2CCN([C@H]3CC[C@H](O)CC3)CC2)n1. The van der Waals surface area contributed by atoms with Crippen molar-refractivity contribution in [3.8, 4) is 0 Å². The molecule has 1 saturated carbocycles. The van der Waals surface area contributed by atoms with Crippen LogP contribution >= 0.6 is 0 Å². The van der Waals surface area contributed by atoms with Crippen molar-refractivity contribution in [1.82, 2.24) is 14.9 Å². The van der Waals surface area contributed by atoms with E-state index in [4.69, 9.17) is 0 Å². The first kappa shape index (κ1) is 13.8. The van der Waals surface area contributed by atoms with Crippen molar-refractivity contribution in [3.63, 3.8) is 0 Å². The van der Waals surface area contributed by atoms with E-state index in [1.54, 1.807) is 0 Å². The fourth-order valence-corrected chi connectivity index (χ4v) is 3.30. The predicted molar refractivity (Wildman–Crippen MR) is 78.8 cm³/mol. The van der Waals surface area contributed by atoms with Gasteiger partial charge < -0.3 is 10.0 Å². The number of anilines is 1. The van der Waals surface area contributed by atoms with Crippen LogP contribution in [0.25, 0.3) is 0 Å². The number of nitrogens with zero attached hydrogens (tertiary/aromatic N) is 4. The van der Waals surface area contributed by atoms with E-state index in [0.29, 0.717) is 6.04 Å². The highest BCUT2D eigenvalue weighted by molar-refractivity contribution is 5.30. The van der Waals surface area contributed by atoms with E-state index in [1.165, 1.54) is 0 Å².